The summed E-state index contributed by atoms with van der Waals surface area (Å²) < 4.78 is 11.2. The number of para-hydroxylation sites is 1. The number of carbonyl (C=O) groups excluding carboxylic acids is 1. The Bertz CT molecular complexity index is 893. The lowest BCUT2D eigenvalue weighted by Gasteiger charge is -2.17. The first-order valence-electron chi connectivity index (χ1n) is 7.99. The van der Waals surface area contributed by atoms with E-state index in [2.05, 4.69) is 0 Å². The van der Waals surface area contributed by atoms with Gasteiger partial charge in [-0.25, -0.2) is 0 Å². The summed E-state index contributed by atoms with van der Waals surface area (Å²) in [4.78, 5) is 14.1. The number of hydrogen-bond donors (Lipinski definition) is 0. The zero-order chi connectivity index (χ0) is 18.5. The molecule has 2 aromatic carbocycles. The predicted octanol–water partition coefficient (Wildman–Crippen LogP) is 5.44. The molecule has 0 radical (unpaired) electrons. The molecule has 0 N–H and O–H groups in total. The maximum atomic E-state index is 12.5. The molecule has 1 aromatic heterocycles. The highest BCUT2D eigenvalue weighted by Gasteiger charge is 2.18. The molecular weight excluding hydrogens is 373 g/mol. The molecule has 0 bridgehead atoms. The van der Waals surface area contributed by atoms with Gasteiger partial charge < -0.3 is 14.1 Å². The first-order chi connectivity index (χ1) is 12.5. The third kappa shape index (κ3) is 4.40. The minimum atomic E-state index is -0.244. The van der Waals surface area contributed by atoms with Gasteiger partial charge in [-0.3, -0.25) is 4.79 Å². The molecule has 0 saturated carbocycles. The molecule has 0 unspecified atom stereocenters. The lowest BCUT2D eigenvalue weighted by Crippen LogP contribution is -2.26. The van der Waals surface area contributed by atoms with Crippen LogP contribution < -0.4 is 4.74 Å². The normalized spacial score (nSPS) is 10.6. The van der Waals surface area contributed by atoms with Crippen LogP contribution in [0.15, 0.2) is 65.1 Å². The smallest absolute Gasteiger partial charge is 0.289 e. The zero-order valence-corrected chi connectivity index (χ0v) is 15.6. The lowest BCUT2D eigenvalue weighted by atomic mass is 10.2. The molecule has 3 rings (SSSR count). The molecule has 4 nitrogen and oxygen atoms in total. The van der Waals surface area contributed by atoms with E-state index in [9.17, 15) is 4.79 Å². The predicted molar refractivity (Wildman–Crippen MR) is 102 cm³/mol. The number of carbonyl (C=O) groups is 1. The summed E-state index contributed by atoms with van der Waals surface area (Å²) in [7, 11) is 1.68. The molecule has 6 heteroatoms. The standard InChI is InChI=1S/C20H17Cl2NO3/c1-23(12-14-6-5-9-17(21)19(14)22)20(24)18-11-10-16(26-18)13-25-15-7-3-2-4-8-15/h2-11H,12-13H2,1H3. The van der Waals surface area contributed by atoms with Gasteiger partial charge in [0.15, 0.2) is 5.76 Å². The number of hydrogen-bond acceptors (Lipinski definition) is 3. The number of rotatable bonds is 6. The molecule has 1 heterocycles. The number of ether oxygens (including phenoxy) is 1. The Labute approximate surface area is 161 Å². The summed E-state index contributed by atoms with van der Waals surface area (Å²) in [6.45, 7) is 0.579. The lowest BCUT2D eigenvalue weighted by molar-refractivity contribution is 0.0749. The molecular formula is C20H17Cl2NO3. The summed E-state index contributed by atoms with van der Waals surface area (Å²) in [6, 6.07) is 18.1. The average Bonchev–Trinajstić information content (AvgIpc) is 3.13. The second kappa shape index (κ2) is 8.30. The van der Waals surface area contributed by atoms with E-state index in [1.807, 2.05) is 36.4 Å². The number of halogens is 2. The van der Waals surface area contributed by atoms with Gasteiger partial charge in [0.1, 0.15) is 18.1 Å². The van der Waals surface area contributed by atoms with E-state index in [0.717, 1.165) is 11.3 Å². The Kier molecular flexibility index (Phi) is 5.86. The van der Waals surface area contributed by atoms with E-state index in [1.165, 1.54) is 4.90 Å². The van der Waals surface area contributed by atoms with Crippen LogP contribution in [0.3, 0.4) is 0 Å². The molecule has 134 valence electrons. The summed E-state index contributed by atoms with van der Waals surface area (Å²) in [6.07, 6.45) is 0. The van der Waals surface area contributed by atoms with E-state index in [1.54, 1.807) is 31.3 Å². The minimum Gasteiger partial charge on any atom is -0.486 e. The summed E-state index contributed by atoms with van der Waals surface area (Å²) in [5, 5.41) is 0.911. The second-order valence-corrected chi connectivity index (χ2v) is 6.53. The van der Waals surface area contributed by atoms with Crippen molar-refractivity contribution in [2.24, 2.45) is 0 Å². The molecule has 0 aliphatic heterocycles. The topological polar surface area (TPSA) is 42.7 Å². The minimum absolute atomic E-state index is 0.244. The van der Waals surface area contributed by atoms with Crippen LogP contribution in [0.4, 0.5) is 0 Å². The van der Waals surface area contributed by atoms with Crippen LogP contribution >= 0.6 is 23.2 Å². The average molecular weight is 390 g/mol. The van der Waals surface area contributed by atoms with Gasteiger partial charge in [0, 0.05) is 13.6 Å². The van der Waals surface area contributed by atoms with Gasteiger partial charge in [0.25, 0.3) is 5.91 Å². The van der Waals surface area contributed by atoms with Crippen molar-refractivity contribution in [3.8, 4) is 5.75 Å². The molecule has 0 fully saturated rings. The molecule has 0 spiro atoms. The van der Waals surface area contributed by atoms with Gasteiger partial charge in [-0.15, -0.1) is 0 Å². The number of amides is 1. The van der Waals surface area contributed by atoms with Crippen molar-refractivity contribution in [1.29, 1.82) is 0 Å². The number of nitrogens with zero attached hydrogens (tertiary/aromatic N) is 1. The summed E-state index contributed by atoms with van der Waals surface area (Å²) in [5.74, 6) is 1.32. The molecule has 0 atom stereocenters. The molecule has 26 heavy (non-hydrogen) atoms. The zero-order valence-electron chi connectivity index (χ0n) is 14.1. The third-order valence-corrected chi connectivity index (χ3v) is 4.64. The van der Waals surface area contributed by atoms with Gasteiger partial charge in [-0.1, -0.05) is 53.5 Å². The maximum Gasteiger partial charge on any atom is 0.289 e. The molecule has 1 amide bonds. The van der Waals surface area contributed by atoms with Crippen molar-refractivity contribution in [1.82, 2.24) is 4.90 Å². The third-order valence-electron chi connectivity index (χ3n) is 3.78. The summed E-state index contributed by atoms with van der Waals surface area (Å²) in [5.41, 5.74) is 0.772. The van der Waals surface area contributed by atoms with Crippen LogP contribution in [-0.2, 0) is 13.2 Å². The molecule has 0 aliphatic carbocycles. The van der Waals surface area contributed by atoms with Crippen LogP contribution in [-0.4, -0.2) is 17.9 Å². The maximum absolute atomic E-state index is 12.5. The molecule has 0 saturated heterocycles. The monoisotopic (exact) mass is 389 g/mol. The number of furan rings is 1. The van der Waals surface area contributed by atoms with Gasteiger partial charge in [-0.05, 0) is 35.9 Å². The Morgan fingerprint density at radius 2 is 1.81 bits per heavy atom. The quantitative estimate of drug-likeness (QED) is 0.563. The van der Waals surface area contributed by atoms with Crippen LogP contribution in [0, 0.1) is 0 Å². The van der Waals surface area contributed by atoms with E-state index in [4.69, 9.17) is 32.4 Å². The second-order valence-electron chi connectivity index (χ2n) is 5.74. The molecule has 3 aromatic rings. The first kappa shape index (κ1) is 18.4. The van der Waals surface area contributed by atoms with Crippen molar-refractivity contribution in [2.75, 3.05) is 7.05 Å². The highest BCUT2D eigenvalue weighted by molar-refractivity contribution is 6.42. The van der Waals surface area contributed by atoms with Crippen molar-refractivity contribution < 1.29 is 13.9 Å². The van der Waals surface area contributed by atoms with Crippen molar-refractivity contribution in [3.63, 3.8) is 0 Å². The van der Waals surface area contributed by atoms with Crippen molar-refractivity contribution in [2.45, 2.75) is 13.2 Å². The van der Waals surface area contributed by atoms with Crippen LogP contribution in [0.5, 0.6) is 5.75 Å². The van der Waals surface area contributed by atoms with Crippen LogP contribution in [0.2, 0.25) is 10.0 Å². The largest absolute Gasteiger partial charge is 0.486 e. The first-order valence-corrected chi connectivity index (χ1v) is 8.75. The Morgan fingerprint density at radius 3 is 2.58 bits per heavy atom. The van der Waals surface area contributed by atoms with Crippen molar-refractivity contribution >= 4 is 29.1 Å². The highest BCUT2D eigenvalue weighted by atomic mass is 35.5. The van der Waals surface area contributed by atoms with E-state index < -0.39 is 0 Å². The summed E-state index contributed by atoms with van der Waals surface area (Å²) >= 11 is 12.2. The van der Waals surface area contributed by atoms with Gasteiger partial charge in [0.05, 0.1) is 10.0 Å². The fourth-order valence-electron chi connectivity index (χ4n) is 2.43. The van der Waals surface area contributed by atoms with Crippen molar-refractivity contribution in [3.05, 3.63) is 87.8 Å². The van der Waals surface area contributed by atoms with E-state index >= 15 is 0 Å². The van der Waals surface area contributed by atoms with Gasteiger partial charge >= 0.3 is 0 Å². The Balaban J connectivity index is 1.62. The van der Waals surface area contributed by atoms with Crippen LogP contribution in [0.1, 0.15) is 21.9 Å². The fraction of sp³-hybridized carbons (Fsp3) is 0.150. The molecule has 0 aliphatic rings. The highest BCUT2D eigenvalue weighted by Crippen LogP contribution is 2.26. The Hall–Kier alpha value is -2.43. The SMILES string of the molecule is CN(Cc1cccc(Cl)c1Cl)C(=O)c1ccc(COc2ccccc2)o1. The fourth-order valence-corrected chi connectivity index (χ4v) is 2.81. The van der Waals surface area contributed by atoms with E-state index in [-0.39, 0.29) is 18.3 Å². The van der Waals surface area contributed by atoms with Gasteiger partial charge in [-0.2, -0.15) is 0 Å². The van der Waals surface area contributed by atoms with E-state index in [0.29, 0.717) is 22.4 Å². The Morgan fingerprint density at radius 1 is 1.04 bits per heavy atom. The van der Waals surface area contributed by atoms with Gasteiger partial charge in [0.2, 0.25) is 0 Å². The van der Waals surface area contributed by atoms with Crippen LogP contribution in [0.25, 0.3) is 0 Å². The number of benzene rings is 2.